The second-order valence-electron chi connectivity index (χ2n) is 6.68. The third-order valence-electron chi connectivity index (χ3n) is 5.25. The van der Waals surface area contributed by atoms with Gasteiger partial charge in [-0.25, -0.2) is 0 Å². The fraction of sp³-hybridized carbons (Fsp3) is 1.00. The SMILES string of the molecule is CN(C)C1(N)CCC(CC2CCCCC2)CC1. The van der Waals surface area contributed by atoms with E-state index in [0.29, 0.717) is 0 Å². The third kappa shape index (κ3) is 3.45. The van der Waals surface area contributed by atoms with Crippen LogP contribution in [0.2, 0.25) is 0 Å². The summed E-state index contributed by atoms with van der Waals surface area (Å²) in [6.07, 6.45) is 14.0. The molecule has 0 aromatic rings. The minimum absolute atomic E-state index is 0.0108. The maximum Gasteiger partial charge on any atom is 0.0682 e. The van der Waals surface area contributed by atoms with E-state index in [9.17, 15) is 0 Å². The summed E-state index contributed by atoms with van der Waals surface area (Å²) < 4.78 is 0. The highest BCUT2D eigenvalue weighted by molar-refractivity contribution is 4.88. The molecule has 2 rings (SSSR count). The molecule has 2 saturated carbocycles. The molecule has 2 heteroatoms. The molecule has 17 heavy (non-hydrogen) atoms. The highest BCUT2D eigenvalue weighted by atomic mass is 15.2. The van der Waals surface area contributed by atoms with E-state index in [1.807, 2.05) is 0 Å². The molecule has 0 radical (unpaired) electrons. The molecular weight excluding hydrogens is 208 g/mol. The van der Waals surface area contributed by atoms with Gasteiger partial charge in [0, 0.05) is 0 Å². The Morgan fingerprint density at radius 3 is 2.00 bits per heavy atom. The Kier molecular flexibility index (Phi) is 4.48. The standard InChI is InChI=1S/C15H30N2/c1-17(2)15(16)10-8-14(9-11-15)12-13-6-4-3-5-7-13/h13-14H,3-12,16H2,1-2H3. The topological polar surface area (TPSA) is 29.3 Å². The van der Waals surface area contributed by atoms with Crippen LogP contribution < -0.4 is 5.73 Å². The van der Waals surface area contributed by atoms with E-state index in [1.165, 1.54) is 64.2 Å². The Morgan fingerprint density at radius 1 is 0.941 bits per heavy atom. The molecule has 0 atom stereocenters. The summed E-state index contributed by atoms with van der Waals surface area (Å²) in [7, 11) is 4.25. The summed E-state index contributed by atoms with van der Waals surface area (Å²) in [5, 5.41) is 0. The number of rotatable bonds is 3. The number of nitrogens with two attached hydrogens (primary N) is 1. The predicted molar refractivity (Wildman–Crippen MR) is 73.8 cm³/mol. The van der Waals surface area contributed by atoms with E-state index in [0.717, 1.165) is 11.8 Å². The molecule has 0 unspecified atom stereocenters. The van der Waals surface area contributed by atoms with Crippen LogP contribution in [0.15, 0.2) is 0 Å². The minimum atomic E-state index is -0.0108. The first kappa shape index (κ1) is 13.4. The second kappa shape index (κ2) is 5.71. The maximum atomic E-state index is 6.42. The van der Waals surface area contributed by atoms with Gasteiger partial charge in [0.15, 0.2) is 0 Å². The normalized spacial score (nSPS) is 36.4. The van der Waals surface area contributed by atoms with Crippen LogP contribution >= 0.6 is 0 Å². The van der Waals surface area contributed by atoms with Crippen LogP contribution in [0.3, 0.4) is 0 Å². The fourth-order valence-corrected chi connectivity index (χ4v) is 3.75. The number of hydrogen-bond donors (Lipinski definition) is 1. The van der Waals surface area contributed by atoms with Crippen molar-refractivity contribution in [2.24, 2.45) is 17.6 Å². The quantitative estimate of drug-likeness (QED) is 0.764. The molecule has 100 valence electrons. The van der Waals surface area contributed by atoms with Crippen molar-refractivity contribution in [3.05, 3.63) is 0 Å². The summed E-state index contributed by atoms with van der Waals surface area (Å²) in [5.74, 6) is 2.01. The Balaban J connectivity index is 1.75. The predicted octanol–water partition coefficient (Wildman–Crippen LogP) is 3.36. The highest BCUT2D eigenvalue weighted by Gasteiger charge is 2.34. The van der Waals surface area contributed by atoms with Gasteiger partial charge in [-0.2, -0.15) is 0 Å². The first-order valence-electron chi connectivity index (χ1n) is 7.56. The fourth-order valence-electron chi connectivity index (χ4n) is 3.75. The zero-order valence-electron chi connectivity index (χ0n) is 11.8. The summed E-state index contributed by atoms with van der Waals surface area (Å²) in [6, 6.07) is 0. The zero-order chi connectivity index (χ0) is 12.3. The molecule has 2 aliphatic rings. The summed E-state index contributed by atoms with van der Waals surface area (Å²) in [4.78, 5) is 2.23. The summed E-state index contributed by atoms with van der Waals surface area (Å²) in [5.41, 5.74) is 6.41. The van der Waals surface area contributed by atoms with Crippen molar-refractivity contribution in [1.29, 1.82) is 0 Å². The molecule has 0 spiro atoms. The summed E-state index contributed by atoms with van der Waals surface area (Å²) in [6.45, 7) is 0. The van der Waals surface area contributed by atoms with Crippen molar-refractivity contribution in [1.82, 2.24) is 4.90 Å². The van der Waals surface area contributed by atoms with Gasteiger partial charge in [0.1, 0.15) is 0 Å². The molecule has 0 saturated heterocycles. The van der Waals surface area contributed by atoms with Gasteiger partial charge in [-0.3, -0.25) is 4.90 Å². The minimum Gasteiger partial charge on any atom is -0.313 e. The molecule has 2 fully saturated rings. The lowest BCUT2D eigenvalue weighted by molar-refractivity contribution is 0.0767. The molecule has 2 aliphatic carbocycles. The van der Waals surface area contributed by atoms with Gasteiger partial charge in [0.2, 0.25) is 0 Å². The van der Waals surface area contributed by atoms with Gasteiger partial charge in [-0.05, 0) is 58.0 Å². The van der Waals surface area contributed by atoms with Crippen LogP contribution in [0.5, 0.6) is 0 Å². The van der Waals surface area contributed by atoms with E-state index in [1.54, 1.807) is 0 Å². The first-order valence-corrected chi connectivity index (χ1v) is 7.56. The molecule has 0 aromatic heterocycles. The molecular formula is C15H30N2. The zero-order valence-corrected chi connectivity index (χ0v) is 11.8. The van der Waals surface area contributed by atoms with E-state index < -0.39 is 0 Å². The van der Waals surface area contributed by atoms with Crippen LogP contribution in [0, 0.1) is 11.8 Å². The molecule has 0 aliphatic heterocycles. The van der Waals surface area contributed by atoms with E-state index >= 15 is 0 Å². The van der Waals surface area contributed by atoms with Crippen molar-refractivity contribution in [3.8, 4) is 0 Å². The number of hydrogen-bond acceptors (Lipinski definition) is 2. The Morgan fingerprint density at radius 2 is 1.47 bits per heavy atom. The van der Waals surface area contributed by atoms with Crippen molar-refractivity contribution >= 4 is 0 Å². The van der Waals surface area contributed by atoms with E-state index in [4.69, 9.17) is 5.73 Å². The van der Waals surface area contributed by atoms with Gasteiger partial charge in [0.05, 0.1) is 5.66 Å². The Hall–Kier alpha value is -0.0800. The molecule has 0 amide bonds. The average Bonchev–Trinajstić information content (AvgIpc) is 2.33. The van der Waals surface area contributed by atoms with Crippen molar-refractivity contribution in [2.75, 3.05) is 14.1 Å². The van der Waals surface area contributed by atoms with Gasteiger partial charge in [-0.1, -0.05) is 32.1 Å². The molecule has 0 bridgehead atoms. The van der Waals surface area contributed by atoms with Crippen molar-refractivity contribution in [3.63, 3.8) is 0 Å². The largest absolute Gasteiger partial charge is 0.313 e. The van der Waals surface area contributed by atoms with E-state index in [2.05, 4.69) is 19.0 Å². The lowest BCUT2D eigenvalue weighted by Crippen LogP contribution is -2.54. The van der Waals surface area contributed by atoms with Crippen LogP contribution in [-0.2, 0) is 0 Å². The van der Waals surface area contributed by atoms with Crippen molar-refractivity contribution in [2.45, 2.75) is 69.9 Å². The lowest BCUT2D eigenvalue weighted by Gasteiger charge is -2.42. The van der Waals surface area contributed by atoms with Crippen molar-refractivity contribution < 1.29 is 0 Å². The van der Waals surface area contributed by atoms with Gasteiger partial charge >= 0.3 is 0 Å². The lowest BCUT2D eigenvalue weighted by atomic mass is 9.75. The monoisotopic (exact) mass is 238 g/mol. The van der Waals surface area contributed by atoms with Crippen LogP contribution in [0.25, 0.3) is 0 Å². The van der Waals surface area contributed by atoms with Gasteiger partial charge in [-0.15, -0.1) is 0 Å². The first-order chi connectivity index (χ1) is 8.10. The molecule has 0 aromatic carbocycles. The average molecular weight is 238 g/mol. The Bertz CT molecular complexity index is 223. The summed E-state index contributed by atoms with van der Waals surface area (Å²) >= 11 is 0. The number of nitrogens with zero attached hydrogens (tertiary/aromatic N) is 1. The van der Waals surface area contributed by atoms with Gasteiger partial charge in [0.25, 0.3) is 0 Å². The highest BCUT2D eigenvalue weighted by Crippen LogP contribution is 2.38. The molecule has 2 nitrogen and oxygen atoms in total. The van der Waals surface area contributed by atoms with Crippen LogP contribution in [-0.4, -0.2) is 24.7 Å². The van der Waals surface area contributed by atoms with Gasteiger partial charge < -0.3 is 5.73 Å². The molecule has 0 heterocycles. The van der Waals surface area contributed by atoms with Crippen LogP contribution in [0.4, 0.5) is 0 Å². The smallest absolute Gasteiger partial charge is 0.0682 e. The molecule has 2 N–H and O–H groups in total. The maximum absolute atomic E-state index is 6.42. The van der Waals surface area contributed by atoms with E-state index in [-0.39, 0.29) is 5.66 Å². The second-order valence-corrected chi connectivity index (χ2v) is 6.68. The van der Waals surface area contributed by atoms with Crippen LogP contribution in [0.1, 0.15) is 64.2 Å². The third-order valence-corrected chi connectivity index (χ3v) is 5.25. The Labute approximate surface area is 107 Å².